The zero-order valence-electron chi connectivity index (χ0n) is 37.0. The molecule has 0 bridgehead atoms. The minimum Gasteiger partial charge on any atom is -0.456 e. The topological polar surface area (TPSA) is 34.5 Å². The third-order valence-corrected chi connectivity index (χ3v) is 14.4. The lowest BCUT2D eigenvalue weighted by Crippen LogP contribution is -2.20. The fourth-order valence-corrected chi connectivity index (χ4v) is 11.4. The summed E-state index contributed by atoms with van der Waals surface area (Å²) in [5.74, 6) is 0. The average molecular weight is 859 g/mol. The minimum atomic E-state index is -0.259. The maximum Gasteiger partial charge on any atom is 0.143 e. The molecule has 10 aromatic carbocycles. The molecule has 0 N–H and O–H groups in total. The SMILES string of the molecule is CC1(C)c2ccccc2-c2cccc(N(c3ccc(-c4cccc5oc6ccccc6c45)cc3)c3cc(-c4cccc(-n5c6ccccc6c6ccccc65)c4)c4oc5ccccc5c4c3)c21. The molecule has 1 aliphatic carbocycles. The van der Waals surface area contributed by atoms with Crippen LogP contribution in [0.4, 0.5) is 17.1 Å². The first-order chi connectivity index (χ1) is 33.0. The molecule has 4 nitrogen and oxygen atoms in total. The summed E-state index contributed by atoms with van der Waals surface area (Å²) in [5.41, 5.74) is 19.6. The molecular weight excluding hydrogens is 817 g/mol. The Labute approximate surface area is 387 Å². The van der Waals surface area contributed by atoms with Crippen molar-refractivity contribution in [2.75, 3.05) is 4.90 Å². The lowest BCUT2D eigenvalue weighted by molar-refractivity contribution is 0.660. The van der Waals surface area contributed by atoms with Gasteiger partial charge in [0, 0.05) is 60.4 Å². The first-order valence-electron chi connectivity index (χ1n) is 23.1. The molecule has 316 valence electrons. The molecular formula is C63H42N2O2. The summed E-state index contributed by atoms with van der Waals surface area (Å²) in [6.07, 6.45) is 0. The van der Waals surface area contributed by atoms with E-state index in [9.17, 15) is 0 Å². The van der Waals surface area contributed by atoms with Crippen LogP contribution in [0.2, 0.25) is 0 Å². The van der Waals surface area contributed by atoms with Crippen LogP contribution in [0.3, 0.4) is 0 Å². The Kier molecular flexibility index (Phi) is 8.00. The molecule has 0 atom stereocenters. The van der Waals surface area contributed by atoms with Gasteiger partial charge in [0.25, 0.3) is 0 Å². The van der Waals surface area contributed by atoms with Gasteiger partial charge in [-0.3, -0.25) is 0 Å². The Hall–Kier alpha value is -8.60. The summed E-state index contributed by atoms with van der Waals surface area (Å²) in [5, 5.41) is 6.88. The normalized spacial score (nSPS) is 13.0. The van der Waals surface area contributed by atoms with Crippen LogP contribution in [0.25, 0.3) is 105 Å². The first kappa shape index (κ1) is 37.7. The second-order valence-electron chi connectivity index (χ2n) is 18.4. The zero-order chi connectivity index (χ0) is 44.4. The molecule has 4 heteroatoms. The maximum atomic E-state index is 6.90. The van der Waals surface area contributed by atoms with Crippen molar-refractivity contribution in [1.82, 2.24) is 4.57 Å². The molecule has 0 aliphatic heterocycles. The Morgan fingerprint density at radius 3 is 1.81 bits per heavy atom. The minimum absolute atomic E-state index is 0.259. The average Bonchev–Trinajstić information content (AvgIpc) is 4.11. The number of anilines is 3. The van der Waals surface area contributed by atoms with E-state index in [2.05, 4.69) is 230 Å². The molecule has 0 fully saturated rings. The molecule has 0 amide bonds. The quantitative estimate of drug-likeness (QED) is 0.167. The Bertz CT molecular complexity index is 4090. The van der Waals surface area contributed by atoms with Crippen LogP contribution in [0, 0.1) is 0 Å². The largest absolute Gasteiger partial charge is 0.456 e. The van der Waals surface area contributed by atoms with Gasteiger partial charge in [-0.15, -0.1) is 0 Å². The summed E-state index contributed by atoms with van der Waals surface area (Å²) in [6, 6.07) is 79.0. The zero-order valence-corrected chi connectivity index (χ0v) is 37.0. The van der Waals surface area contributed by atoms with Crippen LogP contribution < -0.4 is 4.90 Å². The second kappa shape index (κ2) is 14.2. The van der Waals surface area contributed by atoms with Gasteiger partial charge in [-0.2, -0.15) is 0 Å². The number of aromatic nitrogens is 1. The number of fused-ring (bicyclic) bond motifs is 12. The molecule has 0 radical (unpaired) electrons. The number of nitrogens with zero attached hydrogens (tertiary/aromatic N) is 2. The van der Waals surface area contributed by atoms with E-state index in [0.29, 0.717) is 0 Å². The van der Waals surface area contributed by atoms with E-state index < -0.39 is 0 Å². The number of rotatable bonds is 6. The van der Waals surface area contributed by atoms with Crippen molar-refractivity contribution in [3.63, 3.8) is 0 Å². The Balaban J connectivity index is 1.01. The van der Waals surface area contributed by atoms with Gasteiger partial charge in [-0.1, -0.05) is 159 Å². The van der Waals surface area contributed by atoms with Crippen molar-refractivity contribution in [2.45, 2.75) is 19.3 Å². The fraction of sp³-hybridized carbons (Fsp3) is 0.0476. The number of furan rings is 2. The van der Waals surface area contributed by atoms with E-state index >= 15 is 0 Å². The van der Waals surface area contributed by atoms with E-state index in [4.69, 9.17) is 8.83 Å². The highest BCUT2D eigenvalue weighted by Gasteiger charge is 2.39. The van der Waals surface area contributed by atoms with Gasteiger partial charge in [0.2, 0.25) is 0 Å². The second-order valence-corrected chi connectivity index (χ2v) is 18.4. The number of hydrogen-bond donors (Lipinski definition) is 0. The van der Waals surface area contributed by atoms with E-state index in [-0.39, 0.29) is 5.41 Å². The molecule has 13 aromatic rings. The van der Waals surface area contributed by atoms with Crippen LogP contribution in [0.1, 0.15) is 25.0 Å². The summed E-state index contributed by atoms with van der Waals surface area (Å²) in [4.78, 5) is 2.48. The highest BCUT2D eigenvalue weighted by molar-refractivity contribution is 6.14. The van der Waals surface area contributed by atoms with Crippen molar-refractivity contribution in [3.8, 4) is 39.1 Å². The molecule has 67 heavy (non-hydrogen) atoms. The van der Waals surface area contributed by atoms with E-state index in [1.54, 1.807) is 0 Å². The molecule has 0 saturated carbocycles. The highest BCUT2D eigenvalue weighted by Crippen LogP contribution is 2.55. The van der Waals surface area contributed by atoms with Crippen molar-refractivity contribution < 1.29 is 8.83 Å². The van der Waals surface area contributed by atoms with Crippen molar-refractivity contribution in [1.29, 1.82) is 0 Å². The molecule has 1 aliphatic rings. The molecule has 14 rings (SSSR count). The van der Waals surface area contributed by atoms with Crippen LogP contribution >= 0.6 is 0 Å². The van der Waals surface area contributed by atoms with Gasteiger partial charge >= 0.3 is 0 Å². The summed E-state index contributed by atoms with van der Waals surface area (Å²) in [6.45, 7) is 4.74. The monoisotopic (exact) mass is 858 g/mol. The molecule has 0 spiro atoms. The van der Waals surface area contributed by atoms with Crippen molar-refractivity contribution >= 4 is 82.7 Å². The van der Waals surface area contributed by atoms with Crippen LogP contribution in [0.15, 0.2) is 227 Å². The smallest absolute Gasteiger partial charge is 0.143 e. The lowest BCUT2D eigenvalue weighted by Gasteiger charge is -2.32. The lowest BCUT2D eigenvalue weighted by atomic mass is 9.81. The fourth-order valence-electron chi connectivity index (χ4n) is 11.4. The predicted octanol–water partition coefficient (Wildman–Crippen LogP) is 17.7. The van der Waals surface area contributed by atoms with Gasteiger partial charge in [0.15, 0.2) is 0 Å². The van der Waals surface area contributed by atoms with Gasteiger partial charge < -0.3 is 18.3 Å². The third-order valence-electron chi connectivity index (χ3n) is 14.4. The third kappa shape index (κ3) is 5.54. The predicted molar refractivity (Wildman–Crippen MR) is 278 cm³/mol. The van der Waals surface area contributed by atoms with E-state index in [1.165, 1.54) is 44.1 Å². The number of hydrogen-bond acceptors (Lipinski definition) is 3. The number of para-hydroxylation sites is 4. The summed E-state index contributed by atoms with van der Waals surface area (Å²) < 4.78 is 15.6. The standard InChI is InChI=1S/C63H42N2O2/c1-63(2)53-25-8-3-18-45(53)49-24-14-28-56(61(49)63)64(41-34-32-39(33-35-41)44-23-15-31-59-60(44)50-22-7-12-30-58(50)66-59)43-37-51(62-52(38-43)48-21-6-11-29-57(48)67-62)40-16-13-17-42(36-40)65-54-26-9-4-19-46(54)47-20-5-10-27-55(47)65/h3-38H,1-2H3. The van der Waals surface area contributed by atoms with E-state index in [1.807, 2.05) is 12.1 Å². The van der Waals surface area contributed by atoms with Crippen LogP contribution in [0.5, 0.6) is 0 Å². The van der Waals surface area contributed by atoms with Gasteiger partial charge in [-0.25, -0.2) is 0 Å². The van der Waals surface area contributed by atoms with Gasteiger partial charge in [0.05, 0.1) is 16.7 Å². The summed E-state index contributed by atoms with van der Waals surface area (Å²) >= 11 is 0. The van der Waals surface area contributed by atoms with Crippen LogP contribution in [-0.2, 0) is 5.41 Å². The summed E-state index contributed by atoms with van der Waals surface area (Å²) in [7, 11) is 0. The van der Waals surface area contributed by atoms with Crippen molar-refractivity contribution in [3.05, 3.63) is 230 Å². The number of benzene rings is 10. The Morgan fingerprint density at radius 2 is 1.01 bits per heavy atom. The molecule has 0 unspecified atom stereocenters. The molecule has 3 heterocycles. The van der Waals surface area contributed by atoms with Gasteiger partial charge in [-0.05, 0) is 112 Å². The molecule has 0 saturated heterocycles. The van der Waals surface area contributed by atoms with Crippen LogP contribution in [-0.4, -0.2) is 4.57 Å². The highest BCUT2D eigenvalue weighted by atomic mass is 16.3. The van der Waals surface area contributed by atoms with Gasteiger partial charge in [0.1, 0.15) is 22.3 Å². The maximum absolute atomic E-state index is 6.90. The molecule has 3 aromatic heterocycles. The first-order valence-corrected chi connectivity index (χ1v) is 23.1. The Morgan fingerprint density at radius 1 is 0.403 bits per heavy atom. The van der Waals surface area contributed by atoms with Crippen molar-refractivity contribution in [2.24, 2.45) is 0 Å². The van der Waals surface area contributed by atoms with E-state index in [0.717, 1.165) is 88.9 Å².